The van der Waals surface area contributed by atoms with Crippen LogP contribution in [0.25, 0.3) is 0 Å². The van der Waals surface area contributed by atoms with Gasteiger partial charge in [-0.25, -0.2) is 13.6 Å². The van der Waals surface area contributed by atoms with Crippen LogP contribution < -0.4 is 0 Å². The Labute approximate surface area is 83.0 Å². The molecule has 0 radical (unpaired) electrons. The van der Waals surface area contributed by atoms with Crippen LogP contribution in [-0.2, 0) is 4.74 Å². The predicted octanol–water partition coefficient (Wildman–Crippen LogP) is 2.51. The van der Waals surface area contributed by atoms with Gasteiger partial charge in [-0.1, -0.05) is 0 Å². The van der Waals surface area contributed by atoms with Crippen molar-refractivity contribution in [2.75, 3.05) is 13.1 Å². The van der Waals surface area contributed by atoms with Gasteiger partial charge in [0.2, 0.25) is 0 Å². The maximum absolute atomic E-state index is 12.0. The van der Waals surface area contributed by atoms with Gasteiger partial charge >= 0.3 is 6.09 Å². The first-order valence-corrected chi connectivity index (χ1v) is 4.52. The highest BCUT2D eigenvalue weighted by atomic mass is 19.3. The maximum Gasteiger partial charge on any atom is 0.410 e. The molecule has 0 bridgehead atoms. The number of hydrogen-bond donors (Lipinski definition) is 0. The third kappa shape index (κ3) is 5.72. The number of carbonyl (C=O) groups excluding carboxylic acids is 1. The number of carbonyl (C=O) groups is 1. The fourth-order valence-corrected chi connectivity index (χ4v) is 0.826. The molecule has 0 heterocycles. The van der Waals surface area contributed by atoms with Crippen LogP contribution in [0.3, 0.4) is 0 Å². The number of halogens is 2. The monoisotopic (exact) mass is 209 g/mol. The van der Waals surface area contributed by atoms with E-state index in [4.69, 9.17) is 4.74 Å². The minimum Gasteiger partial charge on any atom is -0.444 e. The van der Waals surface area contributed by atoms with Crippen LogP contribution in [0.1, 0.15) is 27.7 Å². The Morgan fingerprint density at radius 2 is 1.93 bits per heavy atom. The van der Waals surface area contributed by atoms with Gasteiger partial charge in [0.15, 0.2) is 0 Å². The summed E-state index contributed by atoms with van der Waals surface area (Å²) in [6.45, 7) is 6.36. The highest BCUT2D eigenvalue weighted by molar-refractivity contribution is 5.68. The second kappa shape index (κ2) is 5.12. The molecule has 3 nitrogen and oxygen atoms in total. The zero-order chi connectivity index (χ0) is 11.4. The van der Waals surface area contributed by atoms with Crippen molar-refractivity contribution in [3.8, 4) is 0 Å². The molecule has 5 heteroatoms. The molecule has 0 rings (SSSR count). The van der Waals surface area contributed by atoms with Crippen LogP contribution in [-0.4, -0.2) is 36.1 Å². The topological polar surface area (TPSA) is 29.5 Å². The summed E-state index contributed by atoms with van der Waals surface area (Å²) in [5, 5.41) is 0. The van der Waals surface area contributed by atoms with Crippen molar-refractivity contribution < 1.29 is 18.3 Å². The molecule has 1 amide bonds. The molecule has 14 heavy (non-hydrogen) atoms. The van der Waals surface area contributed by atoms with Crippen molar-refractivity contribution in [1.82, 2.24) is 4.90 Å². The molecule has 0 saturated heterocycles. The average Bonchev–Trinajstić information content (AvgIpc) is 1.96. The summed E-state index contributed by atoms with van der Waals surface area (Å²) in [6.07, 6.45) is -3.22. The van der Waals surface area contributed by atoms with E-state index in [9.17, 15) is 13.6 Å². The van der Waals surface area contributed by atoms with Crippen LogP contribution in [0.15, 0.2) is 0 Å². The van der Waals surface area contributed by atoms with E-state index < -0.39 is 24.7 Å². The minimum atomic E-state index is -2.53. The van der Waals surface area contributed by atoms with Crippen LogP contribution in [0.2, 0.25) is 0 Å². The van der Waals surface area contributed by atoms with Gasteiger partial charge in [-0.2, -0.15) is 0 Å². The largest absolute Gasteiger partial charge is 0.444 e. The highest BCUT2D eigenvalue weighted by Crippen LogP contribution is 2.10. The Morgan fingerprint density at radius 3 is 2.21 bits per heavy atom. The fourth-order valence-electron chi connectivity index (χ4n) is 0.826. The summed E-state index contributed by atoms with van der Waals surface area (Å²) >= 11 is 0. The Bertz CT molecular complexity index is 190. The van der Waals surface area contributed by atoms with Crippen LogP contribution in [0.5, 0.6) is 0 Å². The molecule has 0 aromatic heterocycles. The zero-order valence-electron chi connectivity index (χ0n) is 9.01. The van der Waals surface area contributed by atoms with Gasteiger partial charge in [-0.05, 0) is 27.7 Å². The summed E-state index contributed by atoms with van der Waals surface area (Å²) < 4.78 is 29.0. The molecule has 0 aromatic rings. The Kier molecular flexibility index (Phi) is 4.80. The smallest absolute Gasteiger partial charge is 0.410 e. The second-order valence-electron chi connectivity index (χ2n) is 3.91. The Hall–Kier alpha value is -0.870. The van der Waals surface area contributed by atoms with Gasteiger partial charge < -0.3 is 9.64 Å². The third-order valence-electron chi connectivity index (χ3n) is 1.39. The van der Waals surface area contributed by atoms with Crippen LogP contribution in [0.4, 0.5) is 13.6 Å². The van der Waals surface area contributed by atoms with Gasteiger partial charge in [0, 0.05) is 6.54 Å². The molecule has 0 aromatic carbocycles. The first-order valence-electron chi connectivity index (χ1n) is 4.52. The molecule has 0 N–H and O–H groups in total. The third-order valence-corrected chi connectivity index (χ3v) is 1.39. The quantitative estimate of drug-likeness (QED) is 0.714. The minimum absolute atomic E-state index is 0.221. The average molecular weight is 209 g/mol. The lowest BCUT2D eigenvalue weighted by atomic mass is 10.2. The SMILES string of the molecule is CCN(CC(F)F)C(=O)OC(C)(C)C. The van der Waals surface area contributed by atoms with Crippen molar-refractivity contribution in [2.24, 2.45) is 0 Å². The lowest BCUT2D eigenvalue weighted by molar-refractivity contribution is 0.0116. The van der Waals surface area contributed by atoms with E-state index in [0.29, 0.717) is 0 Å². The molecule has 0 fully saturated rings. The number of alkyl halides is 2. The standard InChI is InChI=1S/C9H17F2NO2/c1-5-12(6-7(10)11)8(13)14-9(2,3)4/h7H,5-6H2,1-4H3. The maximum atomic E-state index is 12.0. The Morgan fingerprint density at radius 1 is 1.43 bits per heavy atom. The second-order valence-corrected chi connectivity index (χ2v) is 3.91. The predicted molar refractivity (Wildman–Crippen MR) is 49.5 cm³/mol. The van der Waals surface area contributed by atoms with Crippen molar-refractivity contribution in [3.63, 3.8) is 0 Å². The first kappa shape index (κ1) is 13.1. The van der Waals surface area contributed by atoms with Crippen molar-refractivity contribution >= 4 is 6.09 Å². The first-order chi connectivity index (χ1) is 6.26. The molecule has 0 aliphatic carbocycles. The van der Waals surface area contributed by atoms with Gasteiger partial charge in [0.05, 0.1) is 6.54 Å². The summed E-state index contributed by atoms with van der Waals surface area (Å²) in [5.41, 5.74) is -0.646. The van der Waals surface area contributed by atoms with E-state index in [1.807, 2.05) is 0 Å². The molecule has 0 aliphatic rings. The number of nitrogens with zero attached hydrogens (tertiary/aromatic N) is 1. The summed E-state index contributed by atoms with van der Waals surface area (Å²) in [6, 6.07) is 0. The molecule has 0 spiro atoms. The van der Waals surface area contributed by atoms with Gasteiger partial charge in [0.25, 0.3) is 6.43 Å². The number of ether oxygens (including phenoxy) is 1. The molecule has 0 aliphatic heterocycles. The highest BCUT2D eigenvalue weighted by Gasteiger charge is 2.22. The van der Waals surface area contributed by atoms with Crippen LogP contribution in [0, 0.1) is 0 Å². The van der Waals surface area contributed by atoms with Crippen molar-refractivity contribution in [1.29, 1.82) is 0 Å². The van der Waals surface area contributed by atoms with Crippen molar-refractivity contribution in [2.45, 2.75) is 39.7 Å². The van der Waals surface area contributed by atoms with Crippen LogP contribution >= 0.6 is 0 Å². The fraction of sp³-hybridized carbons (Fsp3) is 0.889. The molecule has 84 valence electrons. The summed E-state index contributed by atoms with van der Waals surface area (Å²) in [4.78, 5) is 12.3. The van der Waals surface area contributed by atoms with Gasteiger partial charge in [0.1, 0.15) is 5.60 Å². The van der Waals surface area contributed by atoms with E-state index in [0.717, 1.165) is 4.90 Å². The van der Waals surface area contributed by atoms with Gasteiger partial charge in [-0.3, -0.25) is 0 Å². The number of amides is 1. The lowest BCUT2D eigenvalue weighted by Gasteiger charge is -2.26. The van der Waals surface area contributed by atoms with E-state index in [1.165, 1.54) is 0 Å². The molecular formula is C9H17F2NO2. The van der Waals surface area contributed by atoms with Crippen molar-refractivity contribution in [3.05, 3.63) is 0 Å². The van der Waals surface area contributed by atoms with Gasteiger partial charge in [-0.15, -0.1) is 0 Å². The summed E-state index contributed by atoms with van der Waals surface area (Å²) in [7, 11) is 0. The molecule has 0 atom stereocenters. The lowest BCUT2D eigenvalue weighted by Crippen LogP contribution is -2.39. The zero-order valence-corrected chi connectivity index (χ0v) is 9.01. The summed E-state index contributed by atoms with van der Waals surface area (Å²) in [5.74, 6) is 0. The van der Waals surface area contributed by atoms with E-state index in [-0.39, 0.29) is 6.54 Å². The van der Waals surface area contributed by atoms with E-state index in [2.05, 4.69) is 0 Å². The normalized spacial score (nSPS) is 11.6. The van der Waals surface area contributed by atoms with E-state index in [1.54, 1.807) is 27.7 Å². The molecule has 0 unspecified atom stereocenters. The Balaban J connectivity index is 4.18. The number of hydrogen-bond acceptors (Lipinski definition) is 2. The number of rotatable bonds is 3. The van der Waals surface area contributed by atoms with E-state index >= 15 is 0 Å². The molecule has 0 saturated carbocycles. The molecular weight excluding hydrogens is 192 g/mol.